The van der Waals surface area contributed by atoms with E-state index in [2.05, 4.69) is 27.9 Å². The van der Waals surface area contributed by atoms with Crippen molar-refractivity contribution in [1.82, 2.24) is 10.2 Å². The van der Waals surface area contributed by atoms with Crippen molar-refractivity contribution in [3.05, 3.63) is 80.6 Å². The topological polar surface area (TPSA) is 73.3 Å². The lowest BCUT2D eigenvalue weighted by molar-refractivity contribution is -0.117. The molecule has 0 heterocycles. The largest absolute Gasteiger partial charge is 0.348 e. The quantitative estimate of drug-likeness (QED) is 0.217. The molecule has 2 N–H and O–H groups in total. The van der Waals surface area contributed by atoms with Gasteiger partial charge >= 0.3 is 0 Å². The van der Waals surface area contributed by atoms with E-state index in [1.54, 1.807) is 11.9 Å². The molecule has 1 aromatic carbocycles. The number of nitrogens with zero attached hydrogens (tertiary/aromatic N) is 1. The second-order valence-corrected chi connectivity index (χ2v) is 7.33. The lowest BCUT2D eigenvalue weighted by Gasteiger charge is -2.20. The first-order valence-electron chi connectivity index (χ1n) is 8.47. The van der Waals surface area contributed by atoms with E-state index in [0.717, 1.165) is 20.4 Å². The molecule has 0 saturated carbocycles. The van der Waals surface area contributed by atoms with Gasteiger partial charge in [-0.25, -0.2) is 0 Å². The van der Waals surface area contributed by atoms with E-state index in [9.17, 15) is 9.59 Å². The summed E-state index contributed by atoms with van der Waals surface area (Å²) in [5, 5.41) is 11.0. The maximum Gasteiger partial charge on any atom is 0.251 e. The van der Waals surface area contributed by atoms with Gasteiger partial charge in [0, 0.05) is 34.9 Å². The number of carbonyl (C=O) groups is 2. The number of benzene rings is 1. The number of hydrogen-bond donors (Lipinski definition) is 2. The summed E-state index contributed by atoms with van der Waals surface area (Å²) in [6.45, 7) is 2.35. The number of amides is 1. The van der Waals surface area contributed by atoms with Crippen LogP contribution in [0, 0.1) is 8.98 Å². The average Bonchev–Trinajstić information content (AvgIpc) is 2.86. The fraction of sp³-hybridized carbons (Fsp3) is 0.190. The second kappa shape index (κ2) is 10.0. The number of rotatable bonds is 6. The normalized spacial score (nSPS) is 14.0. The first-order chi connectivity index (χ1) is 12.9. The molecular weight excluding hydrogens is 453 g/mol. The number of aldehydes is 1. The highest BCUT2D eigenvalue weighted by Gasteiger charge is 2.14. The van der Waals surface area contributed by atoms with E-state index in [4.69, 9.17) is 5.41 Å². The van der Waals surface area contributed by atoms with Gasteiger partial charge in [0.15, 0.2) is 0 Å². The Kier molecular flexibility index (Phi) is 7.72. The van der Waals surface area contributed by atoms with Crippen LogP contribution in [0.1, 0.15) is 18.9 Å². The molecular formula is C21H22IN3O2. The van der Waals surface area contributed by atoms with Crippen molar-refractivity contribution < 1.29 is 9.59 Å². The van der Waals surface area contributed by atoms with Crippen LogP contribution in [0.15, 0.2) is 71.5 Å². The monoisotopic (exact) mass is 475 g/mol. The molecule has 0 saturated heterocycles. The molecule has 2 rings (SSSR count). The minimum Gasteiger partial charge on any atom is -0.348 e. The maximum atomic E-state index is 12.6. The third-order valence-electron chi connectivity index (χ3n) is 4.16. The van der Waals surface area contributed by atoms with Crippen LogP contribution in [0.2, 0.25) is 0 Å². The van der Waals surface area contributed by atoms with E-state index >= 15 is 0 Å². The zero-order valence-corrected chi connectivity index (χ0v) is 17.5. The number of halogens is 1. The Labute approximate surface area is 173 Å². The highest BCUT2D eigenvalue weighted by atomic mass is 127. The molecule has 27 heavy (non-hydrogen) atoms. The van der Waals surface area contributed by atoms with Gasteiger partial charge in [-0.2, -0.15) is 0 Å². The van der Waals surface area contributed by atoms with E-state index in [-0.39, 0.29) is 11.7 Å². The maximum absolute atomic E-state index is 12.6. The molecule has 6 heteroatoms. The van der Waals surface area contributed by atoms with Crippen molar-refractivity contribution >= 4 is 40.6 Å². The Morgan fingerprint density at radius 2 is 2.04 bits per heavy atom. The molecule has 1 aromatic rings. The summed E-state index contributed by atoms with van der Waals surface area (Å²) in [7, 11) is 1.77. The van der Waals surface area contributed by atoms with Gasteiger partial charge in [-0.3, -0.25) is 15.0 Å². The predicted molar refractivity (Wildman–Crippen MR) is 116 cm³/mol. The highest BCUT2D eigenvalue weighted by molar-refractivity contribution is 14.1. The van der Waals surface area contributed by atoms with Crippen molar-refractivity contribution in [2.24, 2.45) is 0 Å². The first-order valence-corrected chi connectivity index (χ1v) is 9.55. The molecule has 1 amide bonds. The van der Waals surface area contributed by atoms with Crippen molar-refractivity contribution in [2.75, 3.05) is 7.05 Å². The molecule has 0 bridgehead atoms. The number of hydrogen-bond acceptors (Lipinski definition) is 3. The van der Waals surface area contributed by atoms with Crippen LogP contribution >= 0.6 is 22.6 Å². The van der Waals surface area contributed by atoms with Gasteiger partial charge in [0.1, 0.15) is 12.1 Å². The van der Waals surface area contributed by atoms with Gasteiger partial charge in [0.2, 0.25) is 0 Å². The van der Waals surface area contributed by atoms with Crippen LogP contribution in [0.25, 0.3) is 0 Å². The van der Waals surface area contributed by atoms with Crippen LogP contribution in [-0.2, 0) is 16.1 Å². The lowest BCUT2D eigenvalue weighted by Crippen LogP contribution is -2.24. The minimum atomic E-state index is -0.126. The fourth-order valence-corrected chi connectivity index (χ4v) is 2.94. The lowest BCUT2D eigenvalue weighted by atomic mass is 10.1. The first kappa shape index (κ1) is 20.8. The second-order valence-electron chi connectivity index (χ2n) is 6.09. The summed E-state index contributed by atoms with van der Waals surface area (Å²) >= 11 is 2.25. The summed E-state index contributed by atoms with van der Waals surface area (Å²) in [5.74, 6) is 0.0829. The van der Waals surface area contributed by atoms with Gasteiger partial charge in [-0.05, 0) is 71.0 Å². The third-order valence-corrected chi connectivity index (χ3v) is 4.87. The standard InChI is InChI=1S/C21H22IN3O2/c1-15-13-18(25(2)20(23)7-4-12-26)5-3-6-19(15)21(27)24-14-16-8-10-17(22)11-9-16/h3-4,6-13,23H,5,14H2,1-2H3,(H,24,27)/b7-4-,23-20?. The van der Waals surface area contributed by atoms with Crippen molar-refractivity contribution in [2.45, 2.75) is 19.9 Å². The Bertz CT molecular complexity index is 849. The third kappa shape index (κ3) is 6.02. The summed E-state index contributed by atoms with van der Waals surface area (Å²) < 4.78 is 1.16. The van der Waals surface area contributed by atoms with Gasteiger partial charge < -0.3 is 10.2 Å². The van der Waals surface area contributed by atoms with Crippen LogP contribution in [0.3, 0.4) is 0 Å². The molecule has 140 valence electrons. The number of allylic oxidation sites excluding steroid dienone is 4. The molecule has 5 nitrogen and oxygen atoms in total. The average molecular weight is 475 g/mol. The Hall–Kier alpha value is -2.48. The van der Waals surface area contributed by atoms with Crippen molar-refractivity contribution in [1.29, 1.82) is 5.41 Å². The molecule has 0 aromatic heterocycles. The summed E-state index contributed by atoms with van der Waals surface area (Å²) in [5.41, 5.74) is 3.37. The molecule has 0 unspecified atom stereocenters. The van der Waals surface area contributed by atoms with E-state index in [1.807, 2.05) is 49.4 Å². The van der Waals surface area contributed by atoms with Crippen molar-refractivity contribution in [3.8, 4) is 0 Å². The summed E-state index contributed by atoms with van der Waals surface area (Å²) in [6, 6.07) is 8.02. The minimum absolute atomic E-state index is 0.126. The van der Waals surface area contributed by atoms with E-state index < -0.39 is 0 Å². The molecule has 1 aliphatic carbocycles. The van der Waals surface area contributed by atoms with E-state index in [1.165, 1.54) is 12.2 Å². The number of amidine groups is 1. The molecule has 1 aliphatic rings. The molecule has 0 fully saturated rings. The Morgan fingerprint density at radius 1 is 1.33 bits per heavy atom. The van der Waals surface area contributed by atoms with Gasteiger partial charge in [-0.15, -0.1) is 0 Å². The fourth-order valence-electron chi connectivity index (χ4n) is 2.58. The Balaban J connectivity index is 2.11. The van der Waals surface area contributed by atoms with Gasteiger partial charge in [0.05, 0.1) is 0 Å². The number of carbonyl (C=O) groups excluding carboxylic acids is 2. The summed E-state index contributed by atoms with van der Waals surface area (Å²) in [4.78, 5) is 24.7. The zero-order valence-electron chi connectivity index (χ0n) is 15.3. The molecule has 0 spiro atoms. The molecule has 0 atom stereocenters. The van der Waals surface area contributed by atoms with Gasteiger partial charge in [0.25, 0.3) is 5.91 Å². The van der Waals surface area contributed by atoms with Crippen LogP contribution in [0.5, 0.6) is 0 Å². The molecule has 0 aliphatic heterocycles. The van der Waals surface area contributed by atoms with E-state index in [0.29, 0.717) is 24.8 Å². The molecule has 0 radical (unpaired) electrons. The van der Waals surface area contributed by atoms with Crippen LogP contribution < -0.4 is 5.32 Å². The number of nitrogens with one attached hydrogen (secondary N) is 2. The van der Waals surface area contributed by atoms with Gasteiger partial charge in [-0.1, -0.05) is 24.3 Å². The predicted octanol–water partition coefficient (Wildman–Crippen LogP) is 3.73. The van der Waals surface area contributed by atoms with Crippen molar-refractivity contribution in [3.63, 3.8) is 0 Å². The Morgan fingerprint density at radius 3 is 2.70 bits per heavy atom. The summed E-state index contributed by atoms with van der Waals surface area (Å²) in [6.07, 6.45) is 9.61. The smallest absolute Gasteiger partial charge is 0.251 e. The van der Waals surface area contributed by atoms with Crippen LogP contribution in [0.4, 0.5) is 0 Å². The number of likely N-dealkylation sites (N-methyl/N-ethyl adjacent to an activating group) is 1. The van der Waals surface area contributed by atoms with Crippen LogP contribution in [-0.4, -0.2) is 30.0 Å². The zero-order chi connectivity index (χ0) is 19.8. The highest BCUT2D eigenvalue weighted by Crippen LogP contribution is 2.20. The SMILES string of the molecule is CC1=C(C(=O)NCc2ccc(I)cc2)C=CCC(N(C)C(=N)/C=C\C=O)=C1.